The van der Waals surface area contributed by atoms with E-state index in [2.05, 4.69) is 9.71 Å². The Morgan fingerprint density at radius 1 is 1.20 bits per heavy atom. The molecule has 1 fully saturated rings. The highest BCUT2D eigenvalue weighted by atomic mass is 32.2. The molecule has 2 aromatic rings. The number of carbonyl (C=O) groups excluding carboxylic acids is 1. The smallest absolute Gasteiger partial charge is 0.261 e. The Bertz CT molecular complexity index is 838. The molecule has 1 aromatic carbocycles. The molecule has 7 nitrogen and oxygen atoms in total. The van der Waals surface area contributed by atoms with Crippen molar-refractivity contribution in [1.82, 2.24) is 9.88 Å². The van der Waals surface area contributed by atoms with Crippen LogP contribution >= 0.6 is 0 Å². The van der Waals surface area contributed by atoms with Crippen molar-refractivity contribution in [3.8, 4) is 0 Å². The van der Waals surface area contributed by atoms with E-state index in [0.717, 1.165) is 6.42 Å². The number of rotatable bonds is 5. The zero-order valence-electron chi connectivity index (χ0n) is 13.6. The number of amides is 1. The first-order chi connectivity index (χ1) is 12.0. The maximum absolute atomic E-state index is 12.5. The molecular formula is C17H20N4O3S. The Balaban J connectivity index is 1.72. The fourth-order valence-electron chi connectivity index (χ4n) is 2.80. The Morgan fingerprint density at radius 3 is 2.48 bits per heavy atom. The molecular weight excluding hydrogens is 340 g/mol. The monoisotopic (exact) mass is 360 g/mol. The topological polar surface area (TPSA) is 105 Å². The van der Waals surface area contributed by atoms with Crippen LogP contribution < -0.4 is 10.5 Å². The molecule has 0 saturated carbocycles. The Kier molecular flexibility index (Phi) is 5.00. The zero-order chi connectivity index (χ0) is 17.9. The van der Waals surface area contributed by atoms with E-state index in [9.17, 15) is 13.2 Å². The number of pyridine rings is 1. The molecule has 1 aliphatic rings. The Labute approximate surface area is 146 Å². The lowest BCUT2D eigenvalue weighted by atomic mass is 10.1. The third-order valence-electron chi connectivity index (χ3n) is 4.25. The SMILES string of the molecule is NCC1CCN(C(=O)c2ccc(S(=O)(=O)Nc3ccncc3)cc2)C1. The molecule has 1 aromatic heterocycles. The summed E-state index contributed by atoms with van der Waals surface area (Å²) in [5, 5.41) is 0. The van der Waals surface area contributed by atoms with E-state index >= 15 is 0 Å². The molecule has 2 heterocycles. The third kappa shape index (κ3) is 3.97. The van der Waals surface area contributed by atoms with Gasteiger partial charge in [0.15, 0.2) is 0 Å². The number of carbonyl (C=O) groups is 1. The summed E-state index contributed by atoms with van der Waals surface area (Å²) in [7, 11) is -3.71. The first kappa shape index (κ1) is 17.4. The van der Waals surface area contributed by atoms with Gasteiger partial charge in [-0.2, -0.15) is 0 Å². The summed E-state index contributed by atoms with van der Waals surface area (Å²) >= 11 is 0. The highest BCUT2D eigenvalue weighted by molar-refractivity contribution is 7.92. The van der Waals surface area contributed by atoms with Crippen molar-refractivity contribution < 1.29 is 13.2 Å². The number of sulfonamides is 1. The van der Waals surface area contributed by atoms with E-state index in [0.29, 0.717) is 36.8 Å². The lowest BCUT2D eigenvalue weighted by Crippen LogP contribution is -2.29. The van der Waals surface area contributed by atoms with Crippen LogP contribution in [-0.4, -0.2) is 43.8 Å². The maximum Gasteiger partial charge on any atom is 0.261 e. The fourth-order valence-corrected chi connectivity index (χ4v) is 3.86. The van der Waals surface area contributed by atoms with Crippen LogP contribution in [0.4, 0.5) is 5.69 Å². The van der Waals surface area contributed by atoms with E-state index in [4.69, 9.17) is 5.73 Å². The number of aromatic nitrogens is 1. The normalized spacial score (nSPS) is 17.5. The summed E-state index contributed by atoms with van der Waals surface area (Å²) in [5.41, 5.74) is 6.55. The average Bonchev–Trinajstić information content (AvgIpc) is 3.11. The van der Waals surface area contributed by atoms with E-state index < -0.39 is 10.0 Å². The molecule has 0 bridgehead atoms. The molecule has 1 aliphatic heterocycles. The minimum Gasteiger partial charge on any atom is -0.338 e. The molecule has 0 spiro atoms. The van der Waals surface area contributed by atoms with Crippen LogP contribution in [0.15, 0.2) is 53.7 Å². The zero-order valence-corrected chi connectivity index (χ0v) is 14.4. The van der Waals surface area contributed by atoms with Gasteiger partial charge in [-0.05, 0) is 55.3 Å². The van der Waals surface area contributed by atoms with Gasteiger partial charge in [0, 0.05) is 31.0 Å². The van der Waals surface area contributed by atoms with Crippen LogP contribution in [0.2, 0.25) is 0 Å². The van der Waals surface area contributed by atoms with Gasteiger partial charge in [0.1, 0.15) is 0 Å². The number of hydrogen-bond acceptors (Lipinski definition) is 5. The number of hydrogen-bond donors (Lipinski definition) is 2. The number of anilines is 1. The van der Waals surface area contributed by atoms with Gasteiger partial charge in [-0.3, -0.25) is 14.5 Å². The highest BCUT2D eigenvalue weighted by Crippen LogP contribution is 2.20. The van der Waals surface area contributed by atoms with Gasteiger partial charge in [0.25, 0.3) is 15.9 Å². The average molecular weight is 360 g/mol. The van der Waals surface area contributed by atoms with Crippen molar-refractivity contribution in [1.29, 1.82) is 0 Å². The number of nitrogens with one attached hydrogen (secondary N) is 1. The van der Waals surface area contributed by atoms with Crippen LogP contribution in [0.1, 0.15) is 16.8 Å². The minimum absolute atomic E-state index is 0.0954. The van der Waals surface area contributed by atoms with E-state index in [1.807, 2.05) is 0 Å². The van der Waals surface area contributed by atoms with Gasteiger partial charge in [-0.1, -0.05) is 0 Å². The molecule has 132 valence electrons. The van der Waals surface area contributed by atoms with E-state index in [-0.39, 0.29) is 10.8 Å². The molecule has 3 N–H and O–H groups in total. The van der Waals surface area contributed by atoms with Crippen molar-refractivity contribution in [2.75, 3.05) is 24.4 Å². The predicted molar refractivity (Wildman–Crippen MR) is 94.6 cm³/mol. The lowest BCUT2D eigenvalue weighted by molar-refractivity contribution is 0.0787. The quantitative estimate of drug-likeness (QED) is 0.836. The molecule has 1 amide bonds. The van der Waals surface area contributed by atoms with Gasteiger partial charge in [0.2, 0.25) is 0 Å². The first-order valence-electron chi connectivity index (χ1n) is 8.02. The number of likely N-dealkylation sites (tertiary alicyclic amines) is 1. The second-order valence-electron chi connectivity index (χ2n) is 6.01. The van der Waals surface area contributed by atoms with Gasteiger partial charge in [-0.15, -0.1) is 0 Å². The second-order valence-corrected chi connectivity index (χ2v) is 7.69. The molecule has 0 radical (unpaired) electrons. The minimum atomic E-state index is -3.71. The molecule has 1 unspecified atom stereocenters. The van der Waals surface area contributed by atoms with Gasteiger partial charge >= 0.3 is 0 Å². The second kappa shape index (κ2) is 7.20. The maximum atomic E-state index is 12.5. The van der Waals surface area contributed by atoms with Crippen LogP contribution in [0.3, 0.4) is 0 Å². The lowest BCUT2D eigenvalue weighted by Gasteiger charge is -2.16. The standard InChI is InChI=1S/C17H20N4O3S/c18-11-13-7-10-21(12-13)17(22)14-1-3-16(4-2-14)25(23,24)20-15-5-8-19-9-6-15/h1-6,8-9,13H,7,10-12,18H2,(H,19,20). The molecule has 1 saturated heterocycles. The molecule has 25 heavy (non-hydrogen) atoms. The fraction of sp³-hybridized carbons (Fsp3) is 0.294. The van der Waals surface area contributed by atoms with Crippen molar-refractivity contribution in [2.45, 2.75) is 11.3 Å². The first-order valence-corrected chi connectivity index (χ1v) is 9.50. The summed E-state index contributed by atoms with van der Waals surface area (Å²) in [6.45, 7) is 1.91. The van der Waals surface area contributed by atoms with Crippen LogP contribution in [0.25, 0.3) is 0 Å². The summed E-state index contributed by atoms with van der Waals surface area (Å²) in [6, 6.07) is 9.09. The van der Waals surface area contributed by atoms with Crippen molar-refractivity contribution in [3.63, 3.8) is 0 Å². The molecule has 0 aliphatic carbocycles. The van der Waals surface area contributed by atoms with Crippen LogP contribution in [0.5, 0.6) is 0 Å². The molecule has 3 rings (SSSR count). The number of nitrogens with zero attached hydrogens (tertiary/aromatic N) is 2. The molecule has 1 atom stereocenters. The molecule has 8 heteroatoms. The van der Waals surface area contributed by atoms with E-state index in [1.54, 1.807) is 29.2 Å². The summed E-state index contributed by atoms with van der Waals surface area (Å²) in [4.78, 5) is 18.2. The summed E-state index contributed by atoms with van der Waals surface area (Å²) in [5.74, 6) is 0.246. The van der Waals surface area contributed by atoms with Crippen LogP contribution in [-0.2, 0) is 10.0 Å². The predicted octanol–water partition coefficient (Wildman–Crippen LogP) is 1.30. The number of benzene rings is 1. The van der Waals surface area contributed by atoms with Gasteiger partial charge < -0.3 is 10.6 Å². The largest absolute Gasteiger partial charge is 0.338 e. The van der Waals surface area contributed by atoms with Crippen LogP contribution in [0, 0.1) is 5.92 Å². The van der Waals surface area contributed by atoms with Crippen molar-refractivity contribution in [3.05, 3.63) is 54.4 Å². The van der Waals surface area contributed by atoms with Crippen molar-refractivity contribution >= 4 is 21.6 Å². The highest BCUT2D eigenvalue weighted by Gasteiger charge is 2.26. The Morgan fingerprint density at radius 2 is 1.88 bits per heavy atom. The summed E-state index contributed by atoms with van der Waals surface area (Å²) < 4.78 is 27.2. The van der Waals surface area contributed by atoms with Gasteiger partial charge in [-0.25, -0.2) is 8.42 Å². The van der Waals surface area contributed by atoms with Crippen molar-refractivity contribution in [2.24, 2.45) is 11.7 Å². The Hall–Kier alpha value is -2.45. The number of nitrogens with two attached hydrogens (primary N) is 1. The van der Waals surface area contributed by atoms with E-state index in [1.165, 1.54) is 24.5 Å². The summed E-state index contributed by atoms with van der Waals surface area (Å²) in [6.07, 6.45) is 3.92. The third-order valence-corrected chi connectivity index (χ3v) is 5.65. The van der Waals surface area contributed by atoms with Gasteiger partial charge in [0.05, 0.1) is 10.6 Å².